The Kier molecular flexibility index (Phi) is 7.09. The zero-order valence-electron chi connectivity index (χ0n) is 19.4. The van der Waals surface area contributed by atoms with E-state index in [0.29, 0.717) is 48.7 Å². The number of hydrogen-bond donors (Lipinski definition) is 0. The number of carbonyl (C=O) groups excluding carboxylic acids is 1. The van der Waals surface area contributed by atoms with Crippen LogP contribution in [0.15, 0.2) is 42.9 Å². The molecule has 2 atom stereocenters. The Morgan fingerprint density at radius 2 is 1.89 bits per heavy atom. The van der Waals surface area contributed by atoms with Gasteiger partial charge in [-0.15, -0.1) is 0 Å². The van der Waals surface area contributed by atoms with E-state index in [1.54, 1.807) is 42.4 Å². The van der Waals surface area contributed by atoms with Crippen molar-refractivity contribution in [2.75, 3.05) is 6.54 Å². The Labute approximate surface area is 200 Å². The highest BCUT2D eigenvalue weighted by Crippen LogP contribution is 2.31. The minimum Gasteiger partial charge on any atom is -0.334 e. The summed E-state index contributed by atoms with van der Waals surface area (Å²) >= 11 is 0. The molecule has 0 radical (unpaired) electrons. The number of aromatic nitrogens is 4. The number of nitrogens with zero attached hydrogens (tertiary/aromatic N) is 5. The predicted molar refractivity (Wildman–Crippen MR) is 121 cm³/mol. The Bertz CT molecular complexity index is 1200. The van der Waals surface area contributed by atoms with Gasteiger partial charge >= 0.3 is 6.18 Å². The maximum atomic E-state index is 14.3. The zero-order chi connectivity index (χ0) is 25.2. The molecule has 10 heteroatoms. The number of likely N-dealkylation sites (tertiary alicyclic amines) is 1. The van der Waals surface area contributed by atoms with Gasteiger partial charge < -0.3 is 4.90 Å². The van der Waals surface area contributed by atoms with Crippen LogP contribution in [-0.4, -0.2) is 43.3 Å². The lowest BCUT2D eigenvalue weighted by Crippen LogP contribution is -2.47. The van der Waals surface area contributed by atoms with Crippen LogP contribution < -0.4 is 0 Å². The van der Waals surface area contributed by atoms with Gasteiger partial charge in [0.05, 0.1) is 16.8 Å². The molecule has 6 nitrogen and oxygen atoms in total. The molecule has 3 aromatic heterocycles. The molecule has 4 rings (SSSR count). The van der Waals surface area contributed by atoms with Gasteiger partial charge in [-0.1, -0.05) is 6.92 Å². The molecule has 3 aromatic rings. The van der Waals surface area contributed by atoms with Crippen LogP contribution in [0.4, 0.5) is 17.6 Å². The van der Waals surface area contributed by atoms with Gasteiger partial charge in [-0.3, -0.25) is 9.78 Å². The largest absolute Gasteiger partial charge is 0.417 e. The number of halogens is 4. The van der Waals surface area contributed by atoms with E-state index in [4.69, 9.17) is 0 Å². The normalized spacial score (nSPS) is 18.5. The molecule has 0 saturated carbocycles. The predicted octanol–water partition coefficient (Wildman–Crippen LogP) is 5.27. The quantitative estimate of drug-likeness (QED) is 0.459. The van der Waals surface area contributed by atoms with Crippen molar-refractivity contribution in [2.45, 2.75) is 51.7 Å². The number of aryl methyl sites for hydroxylation is 2. The second kappa shape index (κ2) is 10.1. The van der Waals surface area contributed by atoms with Crippen molar-refractivity contribution < 1.29 is 22.4 Å². The topological polar surface area (TPSA) is 71.9 Å². The molecule has 0 unspecified atom stereocenters. The monoisotopic (exact) mass is 487 g/mol. The van der Waals surface area contributed by atoms with Gasteiger partial charge in [0.15, 0.2) is 5.82 Å². The summed E-state index contributed by atoms with van der Waals surface area (Å²) in [7, 11) is 0. The van der Waals surface area contributed by atoms with Gasteiger partial charge in [0.2, 0.25) is 0 Å². The summed E-state index contributed by atoms with van der Waals surface area (Å²) in [6, 6.07) is 5.49. The second-order valence-electron chi connectivity index (χ2n) is 8.90. The van der Waals surface area contributed by atoms with Crippen molar-refractivity contribution in [1.82, 2.24) is 24.8 Å². The van der Waals surface area contributed by atoms with Gasteiger partial charge in [-0.25, -0.2) is 19.3 Å². The fourth-order valence-corrected chi connectivity index (χ4v) is 4.34. The molecule has 1 aliphatic rings. The van der Waals surface area contributed by atoms with E-state index in [1.165, 1.54) is 0 Å². The maximum absolute atomic E-state index is 14.3. The van der Waals surface area contributed by atoms with Crippen LogP contribution in [0.2, 0.25) is 0 Å². The number of piperidine rings is 1. The first-order valence-corrected chi connectivity index (χ1v) is 11.4. The van der Waals surface area contributed by atoms with Crippen LogP contribution in [0, 0.1) is 18.7 Å². The Hall–Kier alpha value is -3.43. The highest BCUT2D eigenvalue weighted by atomic mass is 19.4. The van der Waals surface area contributed by atoms with Crippen LogP contribution in [0.1, 0.15) is 53.6 Å². The summed E-state index contributed by atoms with van der Waals surface area (Å²) in [5.41, 5.74) is 0.271. The van der Waals surface area contributed by atoms with E-state index in [1.807, 2.05) is 0 Å². The molecule has 0 aliphatic carbocycles. The van der Waals surface area contributed by atoms with E-state index in [0.717, 1.165) is 6.42 Å². The summed E-state index contributed by atoms with van der Waals surface area (Å²) in [6.07, 6.45) is 1.23. The van der Waals surface area contributed by atoms with Gasteiger partial charge in [0, 0.05) is 36.9 Å². The fraction of sp³-hybridized carbons (Fsp3) is 0.400. The lowest BCUT2D eigenvalue weighted by molar-refractivity contribution is -0.138. The lowest BCUT2D eigenvalue weighted by atomic mass is 9.90. The average molecular weight is 488 g/mol. The number of hydrogen-bond acceptors (Lipinski definition) is 5. The molecule has 0 bridgehead atoms. The van der Waals surface area contributed by atoms with Crippen LogP contribution >= 0.6 is 0 Å². The van der Waals surface area contributed by atoms with Crippen molar-refractivity contribution >= 4 is 5.91 Å². The van der Waals surface area contributed by atoms with E-state index >= 15 is 0 Å². The summed E-state index contributed by atoms with van der Waals surface area (Å²) in [4.78, 5) is 32.2. The standard InChI is InChI=1S/C25H25F4N5O/c1-15-4-6-18(7-9-21-20(26)12-17(13-32-21)25(27,28)29)34(14-15)24(35)22-19(8-5-16(2)33-22)23-30-10-3-11-31-23/h3,5,8,10-13,15,18H,4,6-7,9,14H2,1-2H3/t15-,18-/m0/s1. The highest BCUT2D eigenvalue weighted by Gasteiger charge is 2.34. The van der Waals surface area contributed by atoms with E-state index in [-0.39, 0.29) is 35.7 Å². The highest BCUT2D eigenvalue weighted by molar-refractivity contribution is 5.98. The zero-order valence-corrected chi connectivity index (χ0v) is 19.4. The average Bonchev–Trinajstić information content (AvgIpc) is 2.83. The molecule has 1 amide bonds. The molecule has 0 spiro atoms. The summed E-state index contributed by atoms with van der Waals surface area (Å²) < 4.78 is 52.8. The molecule has 1 aliphatic heterocycles. The van der Waals surface area contributed by atoms with Gasteiger partial charge in [-0.2, -0.15) is 13.2 Å². The summed E-state index contributed by atoms with van der Waals surface area (Å²) in [5.74, 6) is -0.613. The Morgan fingerprint density at radius 3 is 2.57 bits per heavy atom. The second-order valence-corrected chi connectivity index (χ2v) is 8.90. The van der Waals surface area contributed by atoms with Crippen molar-refractivity contribution in [1.29, 1.82) is 0 Å². The molecule has 35 heavy (non-hydrogen) atoms. The first kappa shape index (κ1) is 24.7. The number of alkyl halides is 3. The van der Waals surface area contributed by atoms with Crippen molar-refractivity contribution in [3.05, 3.63) is 71.3 Å². The van der Waals surface area contributed by atoms with Crippen LogP contribution in [0.25, 0.3) is 11.4 Å². The number of pyridine rings is 2. The third-order valence-electron chi connectivity index (χ3n) is 6.21. The molecule has 0 N–H and O–H groups in total. The van der Waals surface area contributed by atoms with Crippen LogP contribution in [0.3, 0.4) is 0 Å². The lowest BCUT2D eigenvalue weighted by Gasteiger charge is -2.39. The molecule has 4 heterocycles. The molecular weight excluding hydrogens is 462 g/mol. The Balaban J connectivity index is 1.58. The smallest absolute Gasteiger partial charge is 0.334 e. The number of carbonyl (C=O) groups is 1. The van der Waals surface area contributed by atoms with Crippen LogP contribution in [-0.2, 0) is 12.6 Å². The maximum Gasteiger partial charge on any atom is 0.417 e. The van der Waals surface area contributed by atoms with Crippen molar-refractivity contribution in [3.63, 3.8) is 0 Å². The molecule has 1 saturated heterocycles. The van der Waals surface area contributed by atoms with E-state index in [2.05, 4.69) is 26.9 Å². The van der Waals surface area contributed by atoms with Gasteiger partial charge in [0.25, 0.3) is 5.91 Å². The molecule has 0 aromatic carbocycles. The third-order valence-corrected chi connectivity index (χ3v) is 6.21. The first-order chi connectivity index (χ1) is 16.6. The molecular formula is C25H25F4N5O. The van der Waals surface area contributed by atoms with Crippen molar-refractivity contribution in [3.8, 4) is 11.4 Å². The minimum absolute atomic E-state index is 0.0453. The first-order valence-electron chi connectivity index (χ1n) is 11.4. The Morgan fingerprint density at radius 1 is 1.14 bits per heavy atom. The molecule has 184 valence electrons. The van der Waals surface area contributed by atoms with Crippen LogP contribution in [0.5, 0.6) is 0 Å². The SMILES string of the molecule is Cc1ccc(-c2ncccn2)c(C(=O)N2C[C@@H](C)CC[C@H]2CCc2ncc(C(F)(F)F)cc2F)n1. The van der Waals surface area contributed by atoms with Gasteiger partial charge in [-0.05, 0) is 62.8 Å². The number of rotatable bonds is 5. The summed E-state index contributed by atoms with van der Waals surface area (Å²) in [5, 5.41) is 0. The van der Waals surface area contributed by atoms with Crippen molar-refractivity contribution in [2.24, 2.45) is 5.92 Å². The van der Waals surface area contributed by atoms with E-state index in [9.17, 15) is 22.4 Å². The molecule has 1 fully saturated rings. The summed E-state index contributed by atoms with van der Waals surface area (Å²) in [6.45, 7) is 4.34. The minimum atomic E-state index is -4.66. The van der Waals surface area contributed by atoms with Gasteiger partial charge in [0.1, 0.15) is 11.5 Å². The van der Waals surface area contributed by atoms with E-state index < -0.39 is 17.6 Å². The number of amides is 1. The fourth-order valence-electron chi connectivity index (χ4n) is 4.34. The third kappa shape index (κ3) is 5.63.